The summed E-state index contributed by atoms with van der Waals surface area (Å²) in [5, 5.41) is 0. The summed E-state index contributed by atoms with van der Waals surface area (Å²) in [6, 6.07) is 7.30. The van der Waals surface area contributed by atoms with E-state index in [1.165, 1.54) is 0 Å². The Kier molecular flexibility index (Phi) is 5.85. The lowest BCUT2D eigenvalue weighted by molar-refractivity contribution is -0.146. The molecule has 2 saturated heterocycles. The van der Waals surface area contributed by atoms with Crippen molar-refractivity contribution in [1.29, 1.82) is 0 Å². The lowest BCUT2D eigenvalue weighted by Crippen LogP contribution is -2.57. The molecule has 7 nitrogen and oxygen atoms in total. The average molecular weight is 399 g/mol. The zero-order valence-corrected chi connectivity index (χ0v) is 17.0. The van der Waals surface area contributed by atoms with E-state index >= 15 is 0 Å². The summed E-state index contributed by atoms with van der Waals surface area (Å²) >= 11 is 0. The molecule has 0 radical (unpaired) electrons. The number of ether oxygens (including phenoxy) is 1. The highest BCUT2D eigenvalue weighted by atomic mass is 16.5. The molecule has 1 aromatic carbocycles. The minimum atomic E-state index is -0.554. The molecule has 2 atom stereocenters. The van der Waals surface area contributed by atoms with Crippen LogP contribution >= 0.6 is 0 Å². The van der Waals surface area contributed by atoms with E-state index < -0.39 is 6.04 Å². The molecule has 2 fully saturated rings. The van der Waals surface area contributed by atoms with Gasteiger partial charge in [0.15, 0.2) is 0 Å². The summed E-state index contributed by atoms with van der Waals surface area (Å²) in [4.78, 5) is 43.8. The van der Waals surface area contributed by atoms with Crippen molar-refractivity contribution in [2.24, 2.45) is 0 Å². The highest BCUT2D eigenvalue weighted by Gasteiger charge is 2.36. The number of benzene rings is 1. The molecule has 0 aliphatic carbocycles. The number of amides is 3. The van der Waals surface area contributed by atoms with Crippen LogP contribution in [0.2, 0.25) is 0 Å². The van der Waals surface area contributed by atoms with E-state index in [0.717, 1.165) is 36.9 Å². The lowest BCUT2D eigenvalue weighted by atomic mass is 10.1. The molecule has 3 amide bonds. The highest BCUT2D eigenvalue weighted by Crippen LogP contribution is 2.29. The summed E-state index contributed by atoms with van der Waals surface area (Å²) in [6.45, 7) is 4.48. The van der Waals surface area contributed by atoms with Crippen LogP contribution in [-0.2, 0) is 25.5 Å². The lowest BCUT2D eigenvalue weighted by Gasteiger charge is -2.38. The van der Waals surface area contributed by atoms with Gasteiger partial charge in [-0.15, -0.1) is 0 Å². The van der Waals surface area contributed by atoms with Crippen LogP contribution in [0.25, 0.3) is 0 Å². The molecule has 7 heteroatoms. The highest BCUT2D eigenvalue weighted by molar-refractivity contribution is 6.01. The number of carbonyl (C=O) groups is 3. The number of aryl methyl sites for hydroxylation is 1. The molecule has 3 heterocycles. The van der Waals surface area contributed by atoms with Gasteiger partial charge in [-0.3, -0.25) is 19.3 Å². The smallest absolute Gasteiger partial charge is 0.251 e. The van der Waals surface area contributed by atoms with E-state index in [-0.39, 0.29) is 23.8 Å². The summed E-state index contributed by atoms with van der Waals surface area (Å²) in [5.41, 5.74) is 1.97. The van der Waals surface area contributed by atoms with Crippen LogP contribution in [0.3, 0.4) is 0 Å². The van der Waals surface area contributed by atoms with E-state index in [1.54, 1.807) is 14.7 Å². The first-order chi connectivity index (χ1) is 14.1. The largest absolute Gasteiger partial charge is 0.368 e. The maximum Gasteiger partial charge on any atom is 0.251 e. The molecule has 29 heavy (non-hydrogen) atoms. The Bertz CT molecular complexity index is 782. The number of rotatable bonds is 3. The molecular weight excluding hydrogens is 370 g/mol. The summed E-state index contributed by atoms with van der Waals surface area (Å²) in [6.07, 6.45) is 3.50. The molecule has 156 valence electrons. The van der Waals surface area contributed by atoms with Gasteiger partial charge in [-0.1, -0.05) is 18.2 Å². The Morgan fingerprint density at radius 2 is 1.76 bits per heavy atom. The third kappa shape index (κ3) is 4.01. The molecule has 0 saturated carbocycles. The molecule has 0 bridgehead atoms. The van der Waals surface area contributed by atoms with Crippen LogP contribution in [0.1, 0.15) is 38.2 Å². The molecule has 0 spiro atoms. The fourth-order valence-corrected chi connectivity index (χ4v) is 4.56. The summed E-state index contributed by atoms with van der Waals surface area (Å²) in [7, 11) is 0. The van der Waals surface area contributed by atoms with Gasteiger partial charge in [0, 0.05) is 44.9 Å². The Morgan fingerprint density at radius 3 is 2.48 bits per heavy atom. The second-order valence-electron chi connectivity index (χ2n) is 8.07. The zero-order chi connectivity index (χ0) is 20.4. The number of fused-ring (bicyclic) bond motifs is 1. The van der Waals surface area contributed by atoms with Gasteiger partial charge in [0.1, 0.15) is 12.1 Å². The molecule has 3 aliphatic heterocycles. The van der Waals surface area contributed by atoms with E-state index in [4.69, 9.17) is 4.74 Å². The van der Waals surface area contributed by atoms with Crippen molar-refractivity contribution in [3.8, 4) is 0 Å². The SMILES string of the molecule is C[C@@H](C(=O)N1CCN(C(=O)[C@@H]2CCCO2)CC1)N1C(=O)CCCc2ccccc21. The zero-order valence-electron chi connectivity index (χ0n) is 17.0. The Morgan fingerprint density at radius 1 is 1.03 bits per heavy atom. The van der Waals surface area contributed by atoms with Gasteiger partial charge < -0.3 is 14.5 Å². The van der Waals surface area contributed by atoms with Crippen molar-refractivity contribution >= 4 is 23.4 Å². The van der Waals surface area contributed by atoms with Crippen molar-refractivity contribution in [3.05, 3.63) is 29.8 Å². The quantitative estimate of drug-likeness (QED) is 0.774. The second kappa shape index (κ2) is 8.53. The third-order valence-electron chi connectivity index (χ3n) is 6.21. The van der Waals surface area contributed by atoms with Crippen molar-refractivity contribution < 1.29 is 19.1 Å². The van der Waals surface area contributed by atoms with E-state index in [0.29, 0.717) is 39.2 Å². The molecule has 0 N–H and O–H groups in total. The van der Waals surface area contributed by atoms with Crippen molar-refractivity contribution in [3.63, 3.8) is 0 Å². The monoisotopic (exact) mass is 399 g/mol. The van der Waals surface area contributed by atoms with E-state index in [9.17, 15) is 14.4 Å². The number of hydrogen-bond acceptors (Lipinski definition) is 4. The minimum Gasteiger partial charge on any atom is -0.368 e. The number of anilines is 1. The fourth-order valence-electron chi connectivity index (χ4n) is 4.56. The maximum absolute atomic E-state index is 13.2. The molecule has 0 unspecified atom stereocenters. The maximum atomic E-state index is 13.2. The topological polar surface area (TPSA) is 70.2 Å². The van der Waals surface area contributed by atoms with Crippen molar-refractivity contribution in [1.82, 2.24) is 9.80 Å². The molecular formula is C22H29N3O4. The predicted octanol–water partition coefficient (Wildman–Crippen LogP) is 1.59. The molecule has 1 aromatic rings. The number of para-hydroxylation sites is 1. The van der Waals surface area contributed by atoms with Crippen LogP contribution in [0.4, 0.5) is 5.69 Å². The van der Waals surface area contributed by atoms with Crippen molar-refractivity contribution in [2.45, 2.75) is 51.2 Å². The molecule has 0 aromatic heterocycles. The van der Waals surface area contributed by atoms with E-state index in [1.807, 2.05) is 31.2 Å². The predicted molar refractivity (Wildman–Crippen MR) is 108 cm³/mol. The number of carbonyl (C=O) groups excluding carboxylic acids is 3. The summed E-state index contributed by atoms with van der Waals surface area (Å²) in [5.74, 6) is -0.0125. The Hall–Kier alpha value is -2.41. The Labute approximate surface area is 171 Å². The average Bonchev–Trinajstić information content (AvgIpc) is 3.23. The van der Waals surface area contributed by atoms with E-state index in [2.05, 4.69) is 0 Å². The standard InChI is InChI=1S/C22H29N3O4/c1-16(25-18-8-3-2-6-17(18)7-4-10-20(25)26)21(27)23-11-13-24(14-12-23)22(28)19-9-5-15-29-19/h2-3,6,8,16,19H,4-5,7,9-15H2,1H3/t16-,19-/m0/s1. The third-order valence-corrected chi connectivity index (χ3v) is 6.21. The second-order valence-corrected chi connectivity index (χ2v) is 8.07. The van der Waals surface area contributed by atoms with Gasteiger partial charge in [-0.05, 0) is 44.2 Å². The molecule has 4 rings (SSSR count). The van der Waals surface area contributed by atoms with Gasteiger partial charge in [0.05, 0.1) is 0 Å². The van der Waals surface area contributed by atoms with Crippen LogP contribution in [0.5, 0.6) is 0 Å². The van der Waals surface area contributed by atoms with Crippen LogP contribution in [0, 0.1) is 0 Å². The molecule has 3 aliphatic rings. The normalized spacial score (nSPS) is 23.6. The van der Waals surface area contributed by atoms with Gasteiger partial charge in [-0.25, -0.2) is 0 Å². The number of piperazine rings is 1. The number of nitrogens with zero attached hydrogens (tertiary/aromatic N) is 3. The number of hydrogen-bond donors (Lipinski definition) is 0. The minimum absolute atomic E-state index is 0.00277. The first-order valence-corrected chi connectivity index (χ1v) is 10.7. The van der Waals surface area contributed by atoms with Gasteiger partial charge in [-0.2, -0.15) is 0 Å². The first-order valence-electron chi connectivity index (χ1n) is 10.7. The van der Waals surface area contributed by atoms with Crippen molar-refractivity contribution in [2.75, 3.05) is 37.7 Å². The first kappa shape index (κ1) is 19.9. The van der Waals surface area contributed by atoms with Crippen LogP contribution in [0.15, 0.2) is 24.3 Å². The fraction of sp³-hybridized carbons (Fsp3) is 0.591. The van der Waals surface area contributed by atoms with Crippen LogP contribution in [-0.4, -0.2) is 72.5 Å². The van der Waals surface area contributed by atoms with Gasteiger partial charge in [0.25, 0.3) is 5.91 Å². The van der Waals surface area contributed by atoms with Gasteiger partial charge >= 0.3 is 0 Å². The van der Waals surface area contributed by atoms with Gasteiger partial charge in [0.2, 0.25) is 11.8 Å². The summed E-state index contributed by atoms with van der Waals surface area (Å²) < 4.78 is 5.50. The Balaban J connectivity index is 1.42. The van der Waals surface area contributed by atoms with Crippen LogP contribution < -0.4 is 4.90 Å².